The topological polar surface area (TPSA) is 92.3 Å². The van der Waals surface area contributed by atoms with Crippen LogP contribution < -0.4 is 24.3 Å². The number of carbonyl (C=O) groups excluding carboxylic acids is 2. The predicted octanol–water partition coefficient (Wildman–Crippen LogP) is 2.83. The van der Waals surface area contributed by atoms with Gasteiger partial charge in [0.25, 0.3) is 5.91 Å². The molecular formula is C21H25NO7. The van der Waals surface area contributed by atoms with Crippen molar-refractivity contribution in [2.45, 2.75) is 19.4 Å². The number of anilines is 1. The van der Waals surface area contributed by atoms with Gasteiger partial charge in [-0.15, -0.1) is 0 Å². The Kier molecular flexibility index (Phi) is 7.70. The molecule has 29 heavy (non-hydrogen) atoms. The van der Waals surface area contributed by atoms with Crippen molar-refractivity contribution in [3.8, 4) is 23.0 Å². The zero-order chi connectivity index (χ0) is 21.4. The fourth-order valence-corrected chi connectivity index (χ4v) is 2.68. The SMILES string of the molecule is COc1ccccc1NC(=O)[C@H](C)OC(=O)Cc1cc(OC)c(OC)c(OC)c1. The lowest BCUT2D eigenvalue weighted by Crippen LogP contribution is -2.30. The number of methoxy groups -OCH3 is 4. The van der Waals surface area contributed by atoms with Crippen molar-refractivity contribution in [2.75, 3.05) is 33.8 Å². The lowest BCUT2D eigenvalue weighted by Gasteiger charge is -2.16. The first-order valence-electron chi connectivity index (χ1n) is 8.85. The first-order valence-corrected chi connectivity index (χ1v) is 8.85. The Morgan fingerprint density at radius 3 is 2.03 bits per heavy atom. The van der Waals surface area contributed by atoms with Crippen molar-refractivity contribution >= 4 is 17.6 Å². The summed E-state index contributed by atoms with van der Waals surface area (Å²) in [5.41, 5.74) is 1.09. The van der Waals surface area contributed by atoms with Gasteiger partial charge in [-0.1, -0.05) is 12.1 Å². The number of benzene rings is 2. The smallest absolute Gasteiger partial charge is 0.311 e. The Bertz CT molecular complexity index is 841. The van der Waals surface area contributed by atoms with Crippen LogP contribution in [0.5, 0.6) is 23.0 Å². The summed E-state index contributed by atoms with van der Waals surface area (Å²) < 4.78 is 26.3. The third kappa shape index (κ3) is 5.54. The van der Waals surface area contributed by atoms with E-state index in [-0.39, 0.29) is 6.42 Å². The van der Waals surface area contributed by atoms with Gasteiger partial charge in [0, 0.05) is 0 Å². The van der Waals surface area contributed by atoms with Gasteiger partial charge < -0.3 is 29.0 Å². The largest absolute Gasteiger partial charge is 0.495 e. The summed E-state index contributed by atoms with van der Waals surface area (Å²) in [5, 5.41) is 2.68. The Morgan fingerprint density at radius 1 is 0.897 bits per heavy atom. The van der Waals surface area contributed by atoms with Crippen LogP contribution in [-0.2, 0) is 20.7 Å². The predicted molar refractivity (Wildman–Crippen MR) is 107 cm³/mol. The molecule has 0 fully saturated rings. The van der Waals surface area contributed by atoms with Crippen LogP contribution in [0.2, 0.25) is 0 Å². The molecule has 0 radical (unpaired) electrons. The molecule has 1 amide bonds. The van der Waals surface area contributed by atoms with E-state index in [1.165, 1.54) is 35.4 Å². The third-order valence-electron chi connectivity index (χ3n) is 4.12. The molecule has 0 bridgehead atoms. The van der Waals surface area contributed by atoms with E-state index in [0.29, 0.717) is 34.2 Å². The first-order chi connectivity index (χ1) is 13.9. The molecule has 0 aliphatic heterocycles. The number of rotatable bonds is 9. The standard InChI is InChI=1S/C21H25NO7/c1-13(21(24)22-15-8-6-7-9-16(15)25-2)29-19(23)12-14-10-17(26-3)20(28-5)18(11-14)27-4/h6-11,13H,12H2,1-5H3,(H,22,24)/t13-/m0/s1. The fourth-order valence-electron chi connectivity index (χ4n) is 2.68. The van der Waals surface area contributed by atoms with E-state index in [1.807, 2.05) is 0 Å². The van der Waals surface area contributed by atoms with Crippen LogP contribution in [0.3, 0.4) is 0 Å². The minimum Gasteiger partial charge on any atom is -0.495 e. The highest BCUT2D eigenvalue weighted by Crippen LogP contribution is 2.38. The van der Waals surface area contributed by atoms with Gasteiger partial charge in [-0.2, -0.15) is 0 Å². The van der Waals surface area contributed by atoms with E-state index in [9.17, 15) is 9.59 Å². The minimum atomic E-state index is -0.991. The number of amides is 1. The number of ether oxygens (including phenoxy) is 5. The molecule has 1 N–H and O–H groups in total. The molecular weight excluding hydrogens is 378 g/mol. The number of esters is 1. The maximum Gasteiger partial charge on any atom is 0.311 e. The zero-order valence-corrected chi connectivity index (χ0v) is 17.1. The number of carbonyl (C=O) groups is 2. The minimum absolute atomic E-state index is 0.0665. The number of hydrogen-bond acceptors (Lipinski definition) is 7. The number of nitrogens with one attached hydrogen (secondary N) is 1. The summed E-state index contributed by atoms with van der Waals surface area (Å²) in [6.45, 7) is 1.50. The Morgan fingerprint density at radius 2 is 1.48 bits per heavy atom. The molecule has 1 atom stereocenters. The molecule has 8 nitrogen and oxygen atoms in total. The summed E-state index contributed by atoms with van der Waals surface area (Å²) in [5.74, 6) is 0.761. The second-order valence-electron chi connectivity index (χ2n) is 6.03. The second-order valence-corrected chi connectivity index (χ2v) is 6.03. The summed E-state index contributed by atoms with van der Waals surface area (Å²) in [6, 6.07) is 10.3. The Balaban J connectivity index is 2.03. The molecule has 0 spiro atoms. The highest BCUT2D eigenvalue weighted by atomic mass is 16.5. The molecule has 156 valence electrons. The van der Waals surface area contributed by atoms with Crippen molar-refractivity contribution in [2.24, 2.45) is 0 Å². The van der Waals surface area contributed by atoms with E-state index >= 15 is 0 Å². The van der Waals surface area contributed by atoms with E-state index in [0.717, 1.165) is 0 Å². The van der Waals surface area contributed by atoms with Crippen LogP contribution in [0.1, 0.15) is 12.5 Å². The van der Waals surface area contributed by atoms with Crippen LogP contribution in [-0.4, -0.2) is 46.4 Å². The van der Waals surface area contributed by atoms with Crippen molar-refractivity contribution in [3.63, 3.8) is 0 Å². The molecule has 0 aromatic heterocycles. The normalized spacial score (nSPS) is 11.2. The summed E-state index contributed by atoms with van der Waals surface area (Å²) in [4.78, 5) is 24.7. The molecule has 0 unspecified atom stereocenters. The van der Waals surface area contributed by atoms with Crippen LogP contribution in [0.25, 0.3) is 0 Å². The van der Waals surface area contributed by atoms with E-state index in [1.54, 1.807) is 36.4 Å². The van der Waals surface area contributed by atoms with Gasteiger partial charge in [-0.05, 0) is 36.8 Å². The summed E-state index contributed by atoms with van der Waals surface area (Å²) in [6.07, 6.45) is -1.06. The molecule has 0 aliphatic carbocycles. The van der Waals surface area contributed by atoms with Crippen molar-refractivity contribution in [3.05, 3.63) is 42.0 Å². The third-order valence-corrected chi connectivity index (χ3v) is 4.12. The van der Waals surface area contributed by atoms with Crippen LogP contribution in [0.15, 0.2) is 36.4 Å². The molecule has 0 saturated carbocycles. The van der Waals surface area contributed by atoms with Gasteiger partial charge in [-0.25, -0.2) is 0 Å². The van der Waals surface area contributed by atoms with Crippen molar-refractivity contribution in [1.29, 1.82) is 0 Å². The molecule has 0 saturated heterocycles. The lowest BCUT2D eigenvalue weighted by atomic mass is 10.1. The average molecular weight is 403 g/mol. The van der Waals surface area contributed by atoms with Crippen molar-refractivity contribution < 1.29 is 33.3 Å². The first kappa shape index (κ1) is 21.9. The van der Waals surface area contributed by atoms with Gasteiger partial charge in [-0.3, -0.25) is 9.59 Å². The zero-order valence-electron chi connectivity index (χ0n) is 17.1. The van der Waals surface area contributed by atoms with E-state index < -0.39 is 18.0 Å². The highest BCUT2D eigenvalue weighted by Gasteiger charge is 2.21. The van der Waals surface area contributed by atoms with Gasteiger partial charge in [0.2, 0.25) is 5.75 Å². The molecule has 8 heteroatoms. The van der Waals surface area contributed by atoms with Crippen molar-refractivity contribution in [1.82, 2.24) is 0 Å². The van der Waals surface area contributed by atoms with Crippen LogP contribution in [0, 0.1) is 0 Å². The van der Waals surface area contributed by atoms with Gasteiger partial charge in [0.05, 0.1) is 40.5 Å². The quantitative estimate of drug-likeness (QED) is 0.644. The van der Waals surface area contributed by atoms with Gasteiger partial charge in [0.1, 0.15) is 5.75 Å². The summed E-state index contributed by atoms with van der Waals surface area (Å²) >= 11 is 0. The highest BCUT2D eigenvalue weighted by molar-refractivity contribution is 5.96. The Labute approximate surface area is 169 Å². The molecule has 0 aliphatic rings. The van der Waals surface area contributed by atoms with Gasteiger partial charge in [0.15, 0.2) is 17.6 Å². The molecule has 2 aromatic carbocycles. The van der Waals surface area contributed by atoms with Crippen LogP contribution >= 0.6 is 0 Å². The lowest BCUT2D eigenvalue weighted by molar-refractivity contribution is -0.152. The van der Waals surface area contributed by atoms with E-state index in [4.69, 9.17) is 23.7 Å². The molecule has 0 heterocycles. The monoisotopic (exact) mass is 403 g/mol. The summed E-state index contributed by atoms with van der Waals surface area (Å²) in [7, 11) is 5.98. The fraction of sp³-hybridized carbons (Fsp3) is 0.333. The maximum atomic E-state index is 12.4. The average Bonchev–Trinajstić information content (AvgIpc) is 2.72. The Hall–Kier alpha value is -3.42. The molecule has 2 rings (SSSR count). The maximum absolute atomic E-state index is 12.4. The van der Waals surface area contributed by atoms with Crippen LogP contribution in [0.4, 0.5) is 5.69 Å². The van der Waals surface area contributed by atoms with E-state index in [2.05, 4.69) is 5.32 Å². The number of para-hydroxylation sites is 2. The second kappa shape index (κ2) is 10.2. The molecule has 2 aromatic rings. The number of hydrogen-bond donors (Lipinski definition) is 1. The van der Waals surface area contributed by atoms with Gasteiger partial charge >= 0.3 is 5.97 Å².